The fourth-order valence-corrected chi connectivity index (χ4v) is 2.86. The van der Waals surface area contributed by atoms with E-state index in [1.54, 1.807) is 42.0 Å². The largest absolute Gasteiger partial charge is 0.378 e. The smallest absolute Gasteiger partial charge is 0.241 e. The van der Waals surface area contributed by atoms with Crippen molar-refractivity contribution in [1.82, 2.24) is 9.80 Å². The van der Waals surface area contributed by atoms with Gasteiger partial charge in [0.15, 0.2) is 0 Å². The summed E-state index contributed by atoms with van der Waals surface area (Å²) in [6.07, 6.45) is 0. The topological polar surface area (TPSA) is 61.9 Å². The second-order valence-corrected chi connectivity index (χ2v) is 6.60. The van der Waals surface area contributed by atoms with E-state index < -0.39 is 6.04 Å². The molecular weight excluding hydrogens is 353 g/mol. The van der Waals surface area contributed by atoms with Crippen molar-refractivity contribution >= 4 is 40.7 Å². The molecule has 1 aliphatic rings. The second kappa shape index (κ2) is 8.67. The molecule has 1 aromatic rings. The highest BCUT2D eigenvalue weighted by Gasteiger charge is 2.23. The van der Waals surface area contributed by atoms with Crippen LogP contribution in [-0.4, -0.2) is 67.6 Å². The van der Waals surface area contributed by atoms with Gasteiger partial charge in [-0.1, -0.05) is 23.2 Å². The third kappa shape index (κ3) is 5.34. The van der Waals surface area contributed by atoms with Crippen LogP contribution in [0.4, 0.5) is 5.69 Å². The maximum atomic E-state index is 12.4. The lowest BCUT2D eigenvalue weighted by atomic mass is 10.2. The Hall–Kier alpha value is -1.34. The van der Waals surface area contributed by atoms with Crippen LogP contribution in [0, 0.1) is 0 Å². The molecule has 0 aliphatic carbocycles. The number of rotatable bonds is 5. The lowest BCUT2D eigenvalue weighted by molar-refractivity contribution is -0.137. The molecule has 1 N–H and O–H groups in total. The van der Waals surface area contributed by atoms with E-state index in [0.29, 0.717) is 42.0 Å². The third-order valence-corrected chi connectivity index (χ3v) is 4.36. The number of halogens is 2. The van der Waals surface area contributed by atoms with Gasteiger partial charge < -0.3 is 15.0 Å². The fourth-order valence-electron chi connectivity index (χ4n) is 2.34. The van der Waals surface area contributed by atoms with E-state index in [-0.39, 0.29) is 18.4 Å². The molecule has 6 nitrogen and oxygen atoms in total. The minimum Gasteiger partial charge on any atom is -0.378 e. The van der Waals surface area contributed by atoms with Crippen LogP contribution in [0.3, 0.4) is 0 Å². The number of nitrogens with one attached hydrogen (secondary N) is 1. The monoisotopic (exact) mass is 373 g/mol. The summed E-state index contributed by atoms with van der Waals surface area (Å²) < 4.78 is 5.23. The van der Waals surface area contributed by atoms with Crippen LogP contribution in [0.15, 0.2) is 18.2 Å². The SMILES string of the molecule is C[C@@H](C(=O)Nc1cc(Cl)cc(Cl)c1)N(C)CC(=O)N1CCOCC1. The van der Waals surface area contributed by atoms with Gasteiger partial charge in [0.1, 0.15) is 0 Å². The van der Waals surface area contributed by atoms with Gasteiger partial charge in [-0.2, -0.15) is 0 Å². The van der Waals surface area contributed by atoms with Crippen LogP contribution in [-0.2, 0) is 14.3 Å². The van der Waals surface area contributed by atoms with Crippen LogP contribution in [0.25, 0.3) is 0 Å². The molecule has 24 heavy (non-hydrogen) atoms. The van der Waals surface area contributed by atoms with Gasteiger partial charge in [-0.25, -0.2) is 0 Å². The minimum atomic E-state index is -0.479. The Labute approximate surface area is 151 Å². The molecule has 0 bridgehead atoms. The first-order valence-electron chi connectivity index (χ1n) is 7.69. The Bertz CT molecular complexity index is 586. The number of carbonyl (C=O) groups is 2. The first-order chi connectivity index (χ1) is 11.4. The highest BCUT2D eigenvalue weighted by atomic mass is 35.5. The number of hydrogen-bond acceptors (Lipinski definition) is 4. The molecule has 1 saturated heterocycles. The summed E-state index contributed by atoms with van der Waals surface area (Å²) >= 11 is 11.8. The number of likely N-dealkylation sites (N-methyl/N-ethyl adjacent to an activating group) is 1. The molecule has 0 saturated carbocycles. The Morgan fingerprint density at radius 3 is 2.42 bits per heavy atom. The summed E-state index contributed by atoms with van der Waals surface area (Å²) in [7, 11) is 1.74. The lowest BCUT2D eigenvalue weighted by Crippen LogP contribution is -2.48. The Morgan fingerprint density at radius 1 is 1.25 bits per heavy atom. The van der Waals surface area contributed by atoms with Crippen LogP contribution in [0.1, 0.15) is 6.92 Å². The zero-order valence-electron chi connectivity index (χ0n) is 13.7. The van der Waals surface area contributed by atoms with E-state index in [1.165, 1.54) is 0 Å². The highest BCUT2D eigenvalue weighted by Crippen LogP contribution is 2.22. The highest BCUT2D eigenvalue weighted by molar-refractivity contribution is 6.35. The summed E-state index contributed by atoms with van der Waals surface area (Å²) in [5.41, 5.74) is 0.525. The van der Waals surface area contributed by atoms with Gasteiger partial charge in [0.05, 0.1) is 25.8 Å². The summed E-state index contributed by atoms with van der Waals surface area (Å²) in [4.78, 5) is 28.1. The number of anilines is 1. The zero-order chi connectivity index (χ0) is 17.7. The predicted octanol–water partition coefficient (Wildman–Crippen LogP) is 2.11. The summed E-state index contributed by atoms with van der Waals surface area (Å²) in [6.45, 7) is 4.21. The second-order valence-electron chi connectivity index (χ2n) is 5.73. The molecule has 2 rings (SSSR count). The maximum absolute atomic E-state index is 12.4. The van der Waals surface area contributed by atoms with Crippen LogP contribution >= 0.6 is 23.2 Å². The fraction of sp³-hybridized carbons (Fsp3) is 0.500. The normalized spacial score (nSPS) is 16.1. The van der Waals surface area contributed by atoms with Crippen LogP contribution in [0.5, 0.6) is 0 Å². The number of amides is 2. The first kappa shape index (κ1) is 19.0. The third-order valence-electron chi connectivity index (χ3n) is 3.92. The van der Waals surface area contributed by atoms with Crippen molar-refractivity contribution < 1.29 is 14.3 Å². The number of benzene rings is 1. The molecule has 0 spiro atoms. The molecule has 2 amide bonds. The van der Waals surface area contributed by atoms with E-state index in [0.717, 1.165) is 0 Å². The van der Waals surface area contributed by atoms with E-state index in [2.05, 4.69) is 5.32 Å². The van der Waals surface area contributed by atoms with Gasteiger partial charge in [0.2, 0.25) is 11.8 Å². The lowest BCUT2D eigenvalue weighted by Gasteiger charge is -2.30. The van der Waals surface area contributed by atoms with E-state index in [4.69, 9.17) is 27.9 Å². The summed E-state index contributed by atoms with van der Waals surface area (Å²) in [5.74, 6) is -0.239. The number of morpholine rings is 1. The van der Waals surface area contributed by atoms with Gasteiger partial charge in [0.25, 0.3) is 0 Å². The van der Waals surface area contributed by atoms with Crippen molar-refractivity contribution in [3.8, 4) is 0 Å². The van der Waals surface area contributed by atoms with Gasteiger partial charge in [-0.3, -0.25) is 14.5 Å². The van der Waals surface area contributed by atoms with Crippen molar-refractivity contribution in [2.45, 2.75) is 13.0 Å². The number of hydrogen-bond donors (Lipinski definition) is 1. The average molecular weight is 374 g/mol. The molecule has 1 heterocycles. The number of ether oxygens (including phenoxy) is 1. The quantitative estimate of drug-likeness (QED) is 0.858. The van der Waals surface area contributed by atoms with Crippen molar-refractivity contribution in [2.24, 2.45) is 0 Å². The van der Waals surface area contributed by atoms with Gasteiger partial charge in [-0.15, -0.1) is 0 Å². The van der Waals surface area contributed by atoms with Gasteiger partial charge in [-0.05, 0) is 32.2 Å². The summed E-state index contributed by atoms with van der Waals surface area (Å²) in [5, 5.41) is 3.65. The van der Waals surface area contributed by atoms with Crippen LogP contribution in [0.2, 0.25) is 10.0 Å². The zero-order valence-corrected chi connectivity index (χ0v) is 15.2. The van der Waals surface area contributed by atoms with Crippen molar-refractivity contribution in [2.75, 3.05) is 45.2 Å². The molecule has 1 aromatic carbocycles. The molecule has 8 heteroatoms. The molecule has 1 atom stereocenters. The molecule has 1 fully saturated rings. The molecule has 0 radical (unpaired) electrons. The van der Waals surface area contributed by atoms with Crippen molar-refractivity contribution in [1.29, 1.82) is 0 Å². The molecular formula is C16H21Cl2N3O3. The first-order valence-corrected chi connectivity index (χ1v) is 8.45. The maximum Gasteiger partial charge on any atom is 0.241 e. The van der Waals surface area contributed by atoms with Gasteiger partial charge >= 0.3 is 0 Å². The molecule has 0 unspecified atom stereocenters. The van der Waals surface area contributed by atoms with Crippen molar-refractivity contribution in [3.63, 3.8) is 0 Å². The Balaban J connectivity index is 1.90. The van der Waals surface area contributed by atoms with E-state index in [9.17, 15) is 9.59 Å². The van der Waals surface area contributed by atoms with E-state index in [1.807, 2.05) is 0 Å². The number of carbonyl (C=O) groups excluding carboxylic acids is 2. The average Bonchev–Trinajstić information content (AvgIpc) is 2.53. The molecule has 0 aromatic heterocycles. The summed E-state index contributed by atoms with van der Waals surface area (Å²) in [6, 6.07) is 4.36. The Morgan fingerprint density at radius 2 is 1.83 bits per heavy atom. The number of nitrogens with zero attached hydrogens (tertiary/aromatic N) is 2. The predicted molar refractivity (Wildman–Crippen MR) is 94.6 cm³/mol. The molecule has 132 valence electrons. The van der Waals surface area contributed by atoms with E-state index >= 15 is 0 Å². The van der Waals surface area contributed by atoms with Crippen molar-refractivity contribution in [3.05, 3.63) is 28.2 Å². The van der Waals surface area contributed by atoms with Gasteiger partial charge in [0, 0.05) is 28.8 Å². The molecule has 1 aliphatic heterocycles. The standard InChI is InChI=1S/C16H21Cl2N3O3/c1-11(16(23)19-14-8-12(17)7-13(18)9-14)20(2)10-15(22)21-3-5-24-6-4-21/h7-9,11H,3-6,10H2,1-2H3,(H,19,23)/t11-/m0/s1. The van der Waals surface area contributed by atoms with Crippen LogP contribution < -0.4 is 5.32 Å². The Kier molecular flexibility index (Phi) is 6.86. The minimum absolute atomic E-state index is 0.00810.